The third-order valence-corrected chi connectivity index (χ3v) is 6.51. The molecule has 0 aromatic heterocycles. The number of nitrogens with zero attached hydrogens (tertiary/aromatic N) is 2. The van der Waals surface area contributed by atoms with Gasteiger partial charge in [0.15, 0.2) is 0 Å². The van der Waals surface area contributed by atoms with Crippen LogP contribution in [0.2, 0.25) is 5.02 Å². The smallest absolute Gasteiger partial charge is 0.269 e. The zero-order valence-electron chi connectivity index (χ0n) is 14.8. The molecule has 0 radical (unpaired) electrons. The number of halogens is 2. The third-order valence-electron chi connectivity index (χ3n) is 4.74. The van der Waals surface area contributed by atoms with Crippen LogP contribution in [0.3, 0.4) is 0 Å². The number of non-ortho nitro benzene ring substituents is 1. The van der Waals surface area contributed by atoms with Gasteiger partial charge >= 0.3 is 0 Å². The van der Waals surface area contributed by atoms with Crippen molar-refractivity contribution >= 4 is 27.3 Å². The minimum atomic E-state index is -3.93. The molecule has 1 unspecified atom stereocenters. The maximum absolute atomic E-state index is 14.5. The highest BCUT2D eigenvalue weighted by atomic mass is 35.5. The lowest BCUT2D eigenvalue weighted by Crippen LogP contribution is -2.37. The summed E-state index contributed by atoms with van der Waals surface area (Å²) in [6.45, 7) is 1.36. The first-order valence-electron chi connectivity index (χ1n) is 8.71. The Hall–Kier alpha value is -2.07. The van der Waals surface area contributed by atoms with Gasteiger partial charge in [-0.05, 0) is 50.2 Å². The molecule has 1 aliphatic heterocycles. The largest absolute Gasteiger partial charge is 0.295 e. The van der Waals surface area contributed by atoms with Gasteiger partial charge in [0.25, 0.3) is 5.69 Å². The summed E-state index contributed by atoms with van der Waals surface area (Å²) in [5, 5.41) is 11.0. The fraction of sp³-hybridized carbons (Fsp3) is 0.333. The zero-order chi connectivity index (χ0) is 20.3. The maximum atomic E-state index is 14.5. The molecule has 0 amide bonds. The first-order chi connectivity index (χ1) is 13.3. The summed E-state index contributed by atoms with van der Waals surface area (Å²) >= 11 is 6.21. The van der Waals surface area contributed by atoms with Crippen molar-refractivity contribution in [2.45, 2.75) is 23.8 Å². The molecule has 0 saturated carbocycles. The number of nitrogens with one attached hydrogen (secondary N) is 1. The van der Waals surface area contributed by atoms with E-state index in [0.717, 1.165) is 25.0 Å². The summed E-state index contributed by atoms with van der Waals surface area (Å²) in [5.74, 6) is -0.487. The molecule has 0 aliphatic carbocycles. The molecule has 28 heavy (non-hydrogen) atoms. The average Bonchev–Trinajstić information content (AvgIpc) is 3.18. The zero-order valence-corrected chi connectivity index (χ0v) is 16.4. The normalized spacial score (nSPS) is 16.2. The number of hydrogen-bond donors (Lipinski definition) is 1. The summed E-state index contributed by atoms with van der Waals surface area (Å²) < 4.78 is 42.2. The first-order valence-corrected chi connectivity index (χ1v) is 10.6. The third kappa shape index (κ3) is 4.49. The lowest BCUT2D eigenvalue weighted by atomic mass is 10.0. The minimum Gasteiger partial charge on any atom is -0.295 e. The quantitative estimate of drug-likeness (QED) is 0.539. The summed E-state index contributed by atoms with van der Waals surface area (Å²) in [7, 11) is -3.93. The van der Waals surface area contributed by atoms with E-state index in [1.54, 1.807) is 6.07 Å². The number of nitro groups is 1. The summed E-state index contributed by atoms with van der Waals surface area (Å²) in [6.07, 6.45) is 1.88. The number of hydrogen-bond acceptors (Lipinski definition) is 5. The number of sulfonamides is 1. The van der Waals surface area contributed by atoms with E-state index in [4.69, 9.17) is 11.6 Å². The molecular weight excluding hydrogens is 409 g/mol. The second-order valence-electron chi connectivity index (χ2n) is 6.50. The van der Waals surface area contributed by atoms with Gasteiger partial charge in [-0.15, -0.1) is 0 Å². The van der Waals surface area contributed by atoms with Crippen molar-refractivity contribution in [3.05, 3.63) is 69.0 Å². The molecule has 3 rings (SSSR count). The molecule has 1 atom stereocenters. The molecule has 1 aliphatic rings. The molecule has 1 saturated heterocycles. The van der Waals surface area contributed by atoms with E-state index in [2.05, 4.69) is 4.72 Å². The Kier molecular flexibility index (Phi) is 6.29. The Morgan fingerprint density at radius 3 is 2.39 bits per heavy atom. The van der Waals surface area contributed by atoms with E-state index < -0.39 is 26.8 Å². The highest BCUT2D eigenvalue weighted by molar-refractivity contribution is 7.89. The average molecular weight is 428 g/mol. The Morgan fingerprint density at radius 1 is 1.18 bits per heavy atom. The van der Waals surface area contributed by atoms with Gasteiger partial charge in [-0.2, -0.15) is 0 Å². The lowest BCUT2D eigenvalue weighted by molar-refractivity contribution is -0.384. The van der Waals surface area contributed by atoms with Crippen molar-refractivity contribution in [1.29, 1.82) is 0 Å². The van der Waals surface area contributed by atoms with Gasteiger partial charge in [-0.3, -0.25) is 15.0 Å². The van der Waals surface area contributed by atoms with E-state index in [-0.39, 0.29) is 27.7 Å². The molecule has 150 valence electrons. The topological polar surface area (TPSA) is 92.5 Å². The van der Waals surface area contributed by atoms with Crippen LogP contribution >= 0.6 is 11.6 Å². The molecule has 7 nitrogen and oxygen atoms in total. The Morgan fingerprint density at radius 2 is 1.82 bits per heavy atom. The van der Waals surface area contributed by atoms with Crippen LogP contribution in [0.5, 0.6) is 0 Å². The molecular formula is C18H19ClFN3O4S. The molecule has 10 heteroatoms. The Bertz CT molecular complexity index is 943. The molecule has 1 fully saturated rings. The second-order valence-corrected chi connectivity index (χ2v) is 8.67. The second kappa shape index (κ2) is 8.52. The van der Waals surface area contributed by atoms with Crippen LogP contribution in [0.15, 0.2) is 47.4 Å². The number of nitro benzene ring substituents is 1. The van der Waals surface area contributed by atoms with Crippen LogP contribution < -0.4 is 4.72 Å². The number of benzene rings is 2. The van der Waals surface area contributed by atoms with Crippen LogP contribution in [0.4, 0.5) is 10.1 Å². The van der Waals surface area contributed by atoms with Crippen molar-refractivity contribution < 1.29 is 17.7 Å². The van der Waals surface area contributed by atoms with Crippen molar-refractivity contribution in [2.75, 3.05) is 19.6 Å². The van der Waals surface area contributed by atoms with E-state index in [1.165, 1.54) is 24.3 Å². The monoisotopic (exact) mass is 427 g/mol. The molecule has 2 aromatic carbocycles. The van der Waals surface area contributed by atoms with Gasteiger partial charge in [-0.1, -0.05) is 17.7 Å². The molecule has 1 N–H and O–H groups in total. The van der Waals surface area contributed by atoms with Crippen LogP contribution in [-0.4, -0.2) is 37.9 Å². The first kappa shape index (κ1) is 20.7. The van der Waals surface area contributed by atoms with Crippen molar-refractivity contribution in [3.63, 3.8) is 0 Å². The van der Waals surface area contributed by atoms with Gasteiger partial charge < -0.3 is 0 Å². The maximum Gasteiger partial charge on any atom is 0.269 e. The summed E-state index contributed by atoms with van der Waals surface area (Å²) in [5.41, 5.74) is 0.0597. The molecule has 0 spiro atoms. The van der Waals surface area contributed by atoms with Crippen molar-refractivity contribution in [1.82, 2.24) is 9.62 Å². The van der Waals surface area contributed by atoms with Gasteiger partial charge in [0.05, 0.1) is 15.9 Å². The van der Waals surface area contributed by atoms with Crippen LogP contribution in [0.25, 0.3) is 0 Å². The highest BCUT2D eigenvalue weighted by Gasteiger charge is 2.29. The van der Waals surface area contributed by atoms with Crippen molar-refractivity contribution in [3.8, 4) is 0 Å². The van der Waals surface area contributed by atoms with Gasteiger partial charge in [0.1, 0.15) is 5.82 Å². The number of likely N-dealkylation sites (tertiary alicyclic amines) is 1. The van der Waals surface area contributed by atoms with Crippen LogP contribution in [-0.2, 0) is 10.0 Å². The standard InChI is InChI=1S/C18H19ClFN3O4S/c19-15-4-3-5-16(20)18(15)17(22-10-1-2-11-22)12-21-28(26,27)14-8-6-13(7-9-14)23(24)25/h3-9,17,21H,1-2,10-12H2. The predicted molar refractivity (Wildman–Crippen MR) is 103 cm³/mol. The Balaban J connectivity index is 1.84. The molecule has 2 aromatic rings. The van der Waals surface area contributed by atoms with E-state index >= 15 is 0 Å². The van der Waals surface area contributed by atoms with E-state index in [0.29, 0.717) is 13.1 Å². The van der Waals surface area contributed by atoms with Gasteiger partial charge in [-0.25, -0.2) is 17.5 Å². The molecule has 1 heterocycles. The summed E-state index contributed by atoms with van der Waals surface area (Å²) in [6, 6.07) is 8.42. The van der Waals surface area contributed by atoms with E-state index in [1.807, 2.05) is 4.90 Å². The lowest BCUT2D eigenvalue weighted by Gasteiger charge is -2.29. The predicted octanol–water partition coefficient (Wildman–Crippen LogP) is 3.50. The summed E-state index contributed by atoms with van der Waals surface area (Å²) in [4.78, 5) is 12.0. The molecule has 0 bridgehead atoms. The fourth-order valence-electron chi connectivity index (χ4n) is 3.32. The SMILES string of the molecule is O=[N+]([O-])c1ccc(S(=O)(=O)NCC(c2c(F)cccc2Cl)N2CCCC2)cc1. The van der Waals surface area contributed by atoms with Gasteiger partial charge in [0, 0.05) is 29.3 Å². The van der Waals surface area contributed by atoms with Gasteiger partial charge in [0.2, 0.25) is 10.0 Å². The number of rotatable bonds is 7. The van der Waals surface area contributed by atoms with Crippen molar-refractivity contribution in [2.24, 2.45) is 0 Å². The van der Waals surface area contributed by atoms with Crippen LogP contribution in [0.1, 0.15) is 24.4 Å². The minimum absolute atomic E-state index is 0.0695. The Labute approximate surface area is 167 Å². The fourth-order valence-corrected chi connectivity index (χ4v) is 4.64. The highest BCUT2D eigenvalue weighted by Crippen LogP contribution is 2.32. The van der Waals surface area contributed by atoms with E-state index in [9.17, 15) is 22.9 Å². The van der Waals surface area contributed by atoms with Crippen LogP contribution in [0, 0.1) is 15.9 Å².